The fourth-order valence-corrected chi connectivity index (χ4v) is 3.67. The highest BCUT2D eigenvalue weighted by atomic mass is 32.2. The number of hydrogen-bond donors (Lipinski definition) is 3. The summed E-state index contributed by atoms with van der Waals surface area (Å²) in [6, 6.07) is 0. The number of aliphatic hydroxyl groups excluding tert-OH is 3. The quantitative estimate of drug-likeness (QED) is 0.314. The Balaban J connectivity index is 2.98. The van der Waals surface area contributed by atoms with Gasteiger partial charge in [-0.1, -0.05) is 0 Å². The third-order valence-electron chi connectivity index (χ3n) is 3.52. The Morgan fingerprint density at radius 2 is 0.962 bits per heavy atom. The highest BCUT2D eigenvalue weighted by Crippen LogP contribution is 2.02. The molecular formula is C15H27N3O6S2. The van der Waals surface area contributed by atoms with Gasteiger partial charge in [-0.2, -0.15) is 23.5 Å². The van der Waals surface area contributed by atoms with E-state index in [1.807, 2.05) is 0 Å². The summed E-state index contributed by atoms with van der Waals surface area (Å²) in [6.45, 7) is -0.00908. The van der Waals surface area contributed by atoms with Crippen LogP contribution in [0.25, 0.3) is 0 Å². The van der Waals surface area contributed by atoms with Gasteiger partial charge in [-0.05, 0) is 24.3 Å². The second kappa shape index (κ2) is 13.2. The fraction of sp³-hybridized carbons (Fsp3) is 0.800. The van der Waals surface area contributed by atoms with Crippen molar-refractivity contribution in [2.45, 2.75) is 32.5 Å². The Kier molecular flexibility index (Phi) is 11.7. The molecule has 0 aliphatic rings. The molecule has 1 aromatic rings. The molecule has 0 fully saturated rings. The smallest absolute Gasteiger partial charge is 0.336 e. The molecular weight excluding hydrogens is 382 g/mol. The van der Waals surface area contributed by atoms with Crippen molar-refractivity contribution in [3.05, 3.63) is 31.5 Å². The minimum Gasteiger partial charge on any atom is -0.396 e. The molecule has 0 spiro atoms. The number of hydrogen-bond acceptors (Lipinski definition) is 8. The van der Waals surface area contributed by atoms with Gasteiger partial charge in [-0.25, -0.2) is 28.1 Å². The van der Waals surface area contributed by atoms with Crippen molar-refractivity contribution >= 4 is 23.5 Å². The molecule has 9 nitrogen and oxygen atoms in total. The summed E-state index contributed by atoms with van der Waals surface area (Å²) in [4.78, 5) is 37.4. The van der Waals surface area contributed by atoms with Gasteiger partial charge in [-0.15, -0.1) is 0 Å². The van der Waals surface area contributed by atoms with Crippen LogP contribution in [0.4, 0.5) is 0 Å². The van der Waals surface area contributed by atoms with Crippen LogP contribution in [-0.4, -0.2) is 71.9 Å². The Morgan fingerprint density at radius 3 is 1.31 bits per heavy atom. The first-order valence-corrected chi connectivity index (χ1v) is 10.8. The molecule has 0 aromatic carbocycles. The van der Waals surface area contributed by atoms with Gasteiger partial charge in [0.2, 0.25) is 0 Å². The van der Waals surface area contributed by atoms with Gasteiger partial charge in [0.05, 0.1) is 26.4 Å². The molecule has 3 N–H and O–H groups in total. The first kappa shape index (κ1) is 23.0. The van der Waals surface area contributed by atoms with E-state index < -0.39 is 17.1 Å². The predicted octanol–water partition coefficient (Wildman–Crippen LogP) is -1.60. The van der Waals surface area contributed by atoms with Crippen LogP contribution in [0.2, 0.25) is 0 Å². The van der Waals surface area contributed by atoms with Crippen LogP contribution in [-0.2, 0) is 19.6 Å². The van der Waals surface area contributed by atoms with Crippen molar-refractivity contribution in [1.29, 1.82) is 0 Å². The topological polar surface area (TPSA) is 127 Å². The summed E-state index contributed by atoms with van der Waals surface area (Å²) in [5, 5.41) is 26.6. The van der Waals surface area contributed by atoms with Gasteiger partial charge >= 0.3 is 17.1 Å². The highest BCUT2D eigenvalue weighted by molar-refractivity contribution is 7.99. The molecule has 0 radical (unpaired) electrons. The summed E-state index contributed by atoms with van der Waals surface area (Å²) < 4.78 is 2.97. The van der Waals surface area contributed by atoms with Crippen LogP contribution < -0.4 is 17.1 Å². The molecule has 150 valence electrons. The molecule has 0 aliphatic carbocycles. The standard InChI is InChI=1S/C15H27N3O6S2/c19-6-5-18-14(23)16(3-1-9-25-11-7-20)13(22)17(15(18)24)4-2-10-26-12-8-21/h19-21H,1-12H2. The molecule has 1 heterocycles. The lowest BCUT2D eigenvalue weighted by Crippen LogP contribution is -2.55. The fourth-order valence-electron chi connectivity index (χ4n) is 2.34. The van der Waals surface area contributed by atoms with Crippen molar-refractivity contribution in [2.24, 2.45) is 0 Å². The molecule has 26 heavy (non-hydrogen) atoms. The second-order valence-electron chi connectivity index (χ2n) is 5.41. The van der Waals surface area contributed by atoms with Crippen LogP contribution in [0.15, 0.2) is 14.4 Å². The van der Waals surface area contributed by atoms with Crippen molar-refractivity contribution in [3.63, 3.8) is 0 Å². The number of aliphatic hydroxyl groups is 3. The molecule has 0 amide bonds. The van der Waals surface area contributed by atoms with E-state index in [1.165, 1.54) is 23.5 Å². The maximum absolute atomic E-state index is 12.6. The third-order valence-corrected chi connectivity index (χ3v) is 5.62. The number of rotatable bonds is 14. The first-order valence-electron chi connectivity index (χ1n) is 8.51. The monoisotopic (exact) mass is 409 g/mol. The average Bonchev–Trinajstić information content (AvgIpc) is 2.63. The largest absolute Gasteiger partial charge is 0.396 e. The Labute approximate surface area is 159 Å². The highest BCUT2D eigenvalue weighted by Gasteiger charge is 2.14. The van der Waals surface area contributed by atoms with Gasteiger partial charge in [0.25, 0.3) is 0 Å². The molecule has 1 aromatic heterocycles. The van der Waals surface area contributed by atoms with Crippen LogP contribution >= 0.6 is 23.5 Å². The zero-order valence-corrected chi connectivity index (χ0v) is 16.3. The van der Waals surface area contributed by atoms with Gasteiger partial charge in [0.1, 0.15) is 0 Å². The molecule has 0 unspecified atom stereocenters. The molecule has 0 aliphatic heterocycles. The van der Waals surface area contributed by atoms with Crippen LogP contribution in [0, 0.1) is 0 Å². The minimum atomic E-state index is -0.702. The molecule has 11 heteroatoms. The summed E-state index contributed by atoms with van der Waals surface area (Å²) >= 11 is 3.04. The Bertz CT molecular complexity index is 648. The van der Waals surface area contributed by atoms with Crippen LogP contribution in [0.1, 0.15) is 12.8 Å². The molecule has 0 atom stereocenters. The first-order chi connectivity index (χ1) is 12.6. The van der Waals surface area contributed by atoms with E-state index >= 15 is 0 Å². The van der Waals surface area contributed by atoms with Crippen molar-refractivity contribution in [3.8, 4) is 0 Å². The zero-order chi connectivity index (χ0) is 19.4. The van der Waals surface area contributed by atoms with Crippen molar-refractivity contribution < 1.29 is 15.3 Å². The van der Waals surface area contributed by atoms with E-state index in [-0.39, 0.29) is 39.5 Å². The van der Waals surface area contributed by atoms with E-state index in [0.29, 0.717) is 35.9 Å². The van der Waals surface area contributed by atoms with E-state index in [2.05, 4.69) is 0 Å². The van der Waals surface area contributed by atoms with E-state index in [9.17, 15) is 14.4 Å². The molecule has 1 rings (SSSR count). The summed E-state index contributed by atoms with van der Waals surface area (Å²) in [6.07, 6.45) is 1.12. The zero-order valence-electron chi connectivity index (χ0n) is 14.7. The average molecular weight is 410 g/mol. The van der Waals surface area contributed by atoms with Gasteiger partial charge < -0.3 is 15.3 Å². The molecule has 0 saturated heterocycles. The lowest BCUT2D eigenvalue weighted by Gasteiger charge is -2.13. The van der Waals surface area contributed by atoms with E-state index in [1.54, 1.807) is 0 Å². The Hall–Kier alpha value is -1.01. The van der Waals surface area contributed by atoms with Crippen molar-refractivity contribution in [1.82, 2.24) is 13.7 Å². The maximum atomic E-state index is 12.6. The summed E-state index contributed by atoms with van der Waals surface area (Å²) in [5.41, 5.74) is -2.03. The lowest BCUT2D eigenvalue weighted by atomic mass is 10.4. The van der Waals surface area contributed by atoms with E-state index in [4.69, 9.17) is 15.3 Å². The van der Waals surface area contributed by atoms with E-state index in [0.717, 1.165) is 13.7 Å². The lowest BCUT2D eigenvalue weighted by molar-refractivity contribution is 0.264. The number of aromatic nitrogens is 3. The summed E-state index contributed by atoms with van der Waals surface area (Å²) in [5.74, 6) is 2.55. The summed E-state index contributed by atoms with van der Waals surface area (Å²) in [7, 11) is 0. The SMILES string of the molecule is O=c1n(CCO)c(=O)n(CCCSCCO)c(=O)n1CCCSCCO. The van der Waals surface area contributed by atoms with Crippen molar-refractivity contribution in [2.75, 3.05) is 42.8 Å². The van der Waals surface area contributed by atoms with Gasteiger partial charge in [-0.3, -0.25) is 0 Å². The van der Waals surface area contributed by atoms with Crippen LogP contribution in [0.5, 0.6) is 0 Å². The maximum Gasteiger partial charge on any atom is 0.336 e. The second-order valence-corrected chi connectivity index (χ2v) is 7.85. The van der Waals surface area contributed by atoms with Gasteiger partial charge in [0, 0.05) is 24.6 Å². The third kappa shape index (κ3) is 6.95. The minimum absolute atomic E-state index is 0.0765. The normalized spacial score (nSPS) is 11.2. The molecule has 0 bridgehead atoms. The molecule has 0 saturated carbocycles. The van der Waals surface area contributed by atoms with Crippen LogP contribution in [0.3, 0.4) is 0 Å². The van der Waals surface area contributed by atoms with Gasteiger partial charge in [0.15, 0.2) is 0 Å². The predicted molar refractivity (Wildman–Crippen MR) is 104 cm³/mol. The Morgan fingerprint density at radius 1 is 0.577 bits per heavy atom. The number of nitrogens with zero attached hydrogens (tertiary/aromatic N) is 3. The number of thioether (sulfide) groups is 2.